The van der Waals surface area contributed by atoms with E-state index >= 15 is 0 Å². The Bertz CT molecular complexity index is 1580. The van der Waals surface area contributed by atoms with Gasteiger partial charge in [-0.1, -0.05) is 24.3 Å². The first-order valence-corrected chi connectivity index (χ1v) is 11.8. The van der Waals surface area contributed by atoms with Gasteiger partial charge in [0.1, 0.15) is 11.2 Å². The molecule has 6 nitrogen and oxygen atoms in total. The molecule has 0 radical (unpaired) electrons. The molecule has 2 aromatic heterocycles. The number of hydrogen-bond acceptors (Lipinski definition) is 5. The van der Waals surface area contributed by atoms with E-state index in [-0.39, 0.29) is 39.5 Å². The van der Waals surface area contributed by atoms with Crippen LogP contribution >= 0.6 is 0 Å². The Hall–Kier alpha value is -3.71. The zero-order valence-electron chi connectivity index (χ0n) is 20.3. The minimum absolute atomic E-state index is 0.0994. The normalized spacial score (nSPS) is 13.4. The predicted molar refractivity (Wildman–Crippen MR) is 137 cm³/mol. The number of fused-ring (bicyclic) bond motifs is 1. The molecule has 2 aromatic carbocycles. The van der Waals surface area contributed by atoms with Crippen LogP contribution < -0.4 is 21.8 Å². The Morgan fingerprint density at radius 3 is 2.54 bits per heavy atom. The predicted octanol–water partition coefficient (Wildman–Crippen LogP) is 5.48. The number of hydrogen-bond donors (Lipinski definition) is 2. The average Bonchev–Trinajstić information content (AvgIpc) is 3.64. The van der Waals surface area contributed by atoms with Gasteiger partial charge in [0.05, 0.1) is 16.9 Å². The lowest BCUT2D eigenvalue weighted by Gasteiger charge is -2.19. The van der Waals surface area contributed by atoms with Crippen LogP contribution in [-0.4, -0.2) is 11.6 Å². The van der Waals surface area contributed by atoms with Gasteiger partial charge in [0.25, 0.3) is 5.56 Å². The number of anilines is 2. The van der Waals surface area contributed by atoms with Crippen LogP contribution in [0.5, 0.6) is 0 Å². The number of benzene rings is 2. The third kappa shape index (κ3) is 4.06. The second-order valence-corrected chi connectivity index (χ2v) is 9.30. The van der Waals surface area contributed by atoms with Gasteiger partial charge in [-0.15, -0.1) is 0 Å². The molecule has 0 saturated heterocycles. The summed E-state index contributed by atoms with van der Waals surface area (Å²) in [5.41, 5.74) is 4.28. The number of halogens is 1. The van der Waals surface area contributed by atoms with Crippen molar-refractivity contribution < 1.29 is 8.81 Å². The summed E-state index contributed by atoms with van der Waals surface area (Å²) in [5, 5.41) is 6.46. The van der Waals surface area contributed by atoms with Crippen molar-refractivity contribution in [3.63, 3.8) is 0 Å². The molecule has 0 bridgehead atoms. The van der Waals surface area contributed by atoms with Crippen molar-refractivity contribution in [2.45, 2.75) is 46.2 Å². The third-order valence-electron chi connectivity index (χ3n) is 6.63. The first-order chi connectivity index (χ1) is 16.8. The van der Waals surface area contributed by atoms with E-state index in [0.717, 1.165) is 35.2 Å². The molecule has 1 fully saturated rings. The van der Waals surface area contributed by atoms with Crippen molar-refractivity contribution in [1.29, 1.82) is 0 Å². The summed E-state index contributed by atoms with van der Waals surface area (Å²) >= 11 is 0. The van der Waals surface area contributed by atoms with Crippen LogP contribution in [0.1, 0.15) is 41.3 Å². The summed E-state index contributed by atoms with van der Waals surface area (Å²) in [7, 11) is 1.88. The molecule has 0 spiro atoms. The Labute approximate surface area is 202 Å². The fraction of sp³-hybridized carbons (Fsp3) is 0.286. The highest BCUT2D eigenvalue weighted by atomic mass is 19.1. The number of rotatable bonds is 6. The smallest absolute Gasteiger partial charge is 0.341 e. The molecule has 180 valence electrons. The second-order valence-electron chi connectivity index (χ2n) is 9.30. The number of pyridine rings is 1. The SMILES string of the molecule is CNCc1cccc(-c2c(C)n(C3CC3)c(=O)c3c(Nc4ccc(C)cc4F)c(C)c(=O)oc23)c1. The minimum atomic E-state index is -0.567. The number of nitrogens with zero attached hydrogens (tertiary/aromatic N) is 1. The lowest BCUT2D eigenvalue weighted by atomic mass is 9.98. The van der Waals surface area contributed by atoms with E-state index in [1.54, 1.807) is 30.5 Å². The fourth-order valence-corrected chi connectivity index (χ4v) is 4.73. The standard InChI is InChI=1S/C28H28FN3O3/c1-15-8-11-22(21(29)12-15)31-25-16(2)28(34)35-26-23(19-7-5-6-18(13-19)14-30-4)17(3)32(20-9-10-20)27(33)24(25)26/h5-8,11-13,20,30-31H,9-10,14H2,1-4H3. The molecule has 2 N–H and O–H groups in total. The zero-order valence-corrected chi connectivity index (χ0v) is 20.3. The van der Waals surface area contributed by atoms with E-state index in [9.17, 15) is 14.0 Å². The molecular formula is C28H28FN3O3. The van der Waals surface area contributed by atoms with E-state index < -0.39 is 11.4 Å². The molecule has 1 aliphatic rings. The molecule has 0 atom stereocenters. The Morgan fingerprint density at radius 1 is 1.09 bits per heavy atom. The van der Waals surface area contributed by atoms with Crippen molar-refractivity contribution >= 4 is 22.3 Å². The number of nitrogens with one attached hydrogen (secondary N) is 2. The molecule has 0 unspecified atom stereocenters. The summed E-state index contributed by atoms with van der Waals surface area (Å²) in [6.45, 7) is 5.96. The van der Waals surface area contributed by atoms with E-state index in [2.05, 4.69) is 10.6 Å². The summed E-state index contributed by atoms with van der Waals surface area (Å²) in [4.78, 5) is 26.8. The molecule has 35 heavy (non-hydrogen) atoms. The Morgan fingerprint density at radius 2 is 1.86 bits per heavy atom. The van der Waals surface area contributed by atoms with E-state index in [0.29, 0.717) is 12.1 Å². The highest BCUT2D eigenvalue weighted by molar-refractivity contribution is 6.01. The molecule has 0 aliphatic heterocycles. The monoisotopic (exact) mass is 473 g/mol. The highest BCUT2D eigenvalue weighted by Crippen LogP contribution is 2.40. The van der Waals surface area contributed by atoms with Crippen molar-refractivity contribution in [2.75, 3.05) is 12.4 Å². The quantitative estimate of drug-likeness (QED) is 0.388. The van der Waals surface area contributed by atoms with Crippen LogP contribution in [0.2, 0.25) is 0 Å². The molecule has 7 heteroatoms. The molecule has 0 amide bonds. The zero-order chi connectivity index (χ0) is 24.9. The molecular weight excluding hydrogens is 445 g/mol. The van der Waals surface area contributed by atoms with Crippen molar-refractivity contribution in [2.24, 2.45) is 0 Å². The van der Waals surface area contributed by atoms with Gasteiger partial charge in [0.2, 0.25) is 0 Å². The minimum Gasteiger partial charge on any atom is -0.421 e. The maximum absolute atomic E-state index is 14.8. The Balaban J connectivity index is 1.86. The number of aromatic nitrogens is 1. The van der Waals surface area contributed by atoms with E-state index in [1.807, 2.05) is 38.2 Å². The lowest BCUT2D eigenvalue weighted by Crippen LogP contribution is -2.25. The van der Waals surface area contributed by atoms with E-state index in [1.165, 1.54) is 6.07 Å². The van der Waals surface area contributed by atoms with Crippen LogP contribution in [0.25, 0.3) is 22.1 Å². The van der Waals surface area contributed by atoms with E-state index in [4.69, 9.17) is 4.42 Å². The third-order valence-corrected chi connectivity index (χ3v) is 6.63. The van der Waals surface area contributed by atoms with Gasteiger partial charge in [-0.3, -0.25) is 4.79 Å². The fourth-order valence-electron chi connectivity index (χ4n) is 4.73. The molecule has 1 saturated carbocycles. The maximum Gasteiger partial charge on any atom is 0.341 e. The van der Waals surface area contributed by atoms with Gasteiger partial charge >= 0.3 is 5.63 Å². The lowest BCUT2D eigenvalue weighted by molar-refractivity contribution is 0.553. The van der Waals surface area contributed by atoms with Gasteiger partial charge in [0, 0.05) is 23.8 Å². The van der Waals surface area contributed by atoms with Gasteiger partial charge in [-0.2, -0.15) is 0 Å². The van der Waals surface area contributed by atoms with Crippen LogP contribution in [0.4, 0.5) is 15.8 Å². The Kier molecular flexibility index (Phi) is 5.81. The van der Waals surface area contributed by atoms with Crippen molar-refractivity contribution in [1.82, 2.24) is 9.88 Å². The first-order valence-electron chi connectivity index (χ1n) is 11.8. The molecule has 5 rings (SSSR count). The average molecular weight is 474 g/mol. The van der Waals surface area contributed by atoms with Crippen molar-refractivity contribution in [3.05, 3.63) is 91.4 Å². The van der Waals surface area contributed by atoms with Crippen LogP contribution in [0.3, 0.4) is 0 Å². The summed E-state index contributed by atoms with van der Waals surface area (Å²) in [5.74, 6) is -0.458. The summed E-state index contributed by atoms with van der Waals surface area (Å²) in [6.07, 6.45) is 1.83. The number of aryl methyl sites for hydroxylation is 1. The van der Waals surface area contributed by atoms with Crippen LogP contribution in [0.15, 0.2) is 56.5 Å². The van der Waals surface area contributed by atoms with Gasteiger partial charge < -0.3 is 19.6 Å². The maximum atomic E-state index is 14.8. The van der Waals surface area contributed by atoms with Crippen molar-refractivity contribution in [3.8, 4) is 11.1 Å². The molecule has 1 aliphatic carbocycles. The highest BCUT2D eigenvalue weighted by Gasteiger charge is 2.31. The van der Waals surface area contributed by atoms with Gasteiger partial charge in [-0.05, 0) is 75.5 Å². The van der Waals surface area contributed by atoms with Crippen LogP contribution in [-0.2, 0) is 6.54 Å². The largest absolute Gasteiger partial charge is 0.421 e. The molecule has 4 aromatic rings. The summed E-state index contributed by atoms with van der Waals surface area (Å²) < 4.78 is 22.4. The second kappa shape index (κ2) is 8.82. The first kappa shape index (κ1) is 23.1. The topological polar surface area (TPSA) is 76.3 Å². The van der Waals surface area contributed by atoms with Gasteiger partial charge in [-0.25, -0.2) is 9.18 Å². The van der Waals surface area contributed by atoms with Crippen LogP contribution in [0, 0.1) is 26.6 Å². The summed E-state index contributed by atoms with van der Waals surface area (Å²) in [6, 6.07) is 12.9. The molecule has 2 heterocycles. The van der Waals surface area contributed by atoms with Gasteiger partial charge in [0.15, 0.2) is 5.58 Å².